The summed E-state index contributed by atoms with van der Waals surface area (Å²) in [5.74, 6) is -0.139. The summed E-state index contributed by atoms with van der Waals surface area (Å²) < 4.78 is 14.9. The number of nitrogens with zero attached hydrogens (tertiary/aromatic N) is 3. The number of aliphatic hydroxyl groups excluding tert-OH is 1. The molecule has 0 bridgehead atoms. The fourth-order valence-electron chi connectivity index (χ4n) is 3.10. The summed E-state index contributed by atoms with van der Waals surface area (Å²) in [6, 6.07) is 12.2. The van der Waals surface area contributed by atoms with Crippen LogP contribution in [0.25, 0.3) is 5.82 Å². The van der Waals surface area contributed by atoms with Gasteiger partial charge in [-0.1, -0.05) is 35.3 Å². The Kier molecular flexibility index (Phi) is 6.60. The third-order valence-electron chi connectivity index (χ3n) is 4.75. The van der Waals surface area contributed by atoms with Crippen molar-refractivity contribution in [1.29, 1.82) is 0 Å². The first-order valence-electron chi connectivity index (χ1n) is 9.78. The summed E-state index contributed by atoms with van der Waals surface area (Å²) in [6.07, 6.45) is 3.66. The van der Waals surface area contributed by atoms with Crippen molar-refractivity contribution in [2.45, 2.75) is 13.2 Å². The number of amides is 1. The Labute approximate surface area is 198 Å². The van der Waals surface area contributed by atoms with E-state index in [1.165, 1.54) is 18.2 Å². The number of hydrogen-bond acceptors (Lipinski definition) is 5. The zero-order valence-corrected chi connectivity index (χ0v) is 18.8. The molecule has 3 N–H and O–H groups in total. The molecule has 2 aromatic heterocycles. The average molecular weight is 486 g/mol. The number of nitrogens with one attached hydrogen (secondary N) is 2. The van der Waals surface area contributed by atoms with Gasteiger partial charge in [0.2, 0.25) is 5.95 Å². The molecule has 2 aromatic carbocycles. The van der Waals surface area contributed by atoms with E-state index in [1.54, 1.807) is 53.5 Å². The van der Waals surface area contributed by atoms with Gasteiger partial charge in [-0.3, -0.25) is 4.79 Å². The first-order valence-corrected chi connectivity index (χ1v) is 10.5. The van der Waals surface area contributed by atoms with Gasteiger partial charge in [0.1, 0.15) is 11.6 Å². The molecule has 0 saturated heterocycles. The van der Waals surface area contributed by atoms with Crippen LogP contribution in [0.2, 0.25) is 10.0 Å². The molecule has 2 heterocycles. The molecule has 1 amide bonds. The third kappa shape index (κ3) is 5.31. The second-order valence-corrected chi connectivity index (χ2v) is 8.03. The quantitative estimate of drug-likeness (QED) is 0.327. The van der Waals surface area contributed by atoms with E-state index in [1.807, 2.05) is 6.92 Å². The van der Waals surface area contributed by atoms with Crippen LogP contribution in [-0.2, 0) is 0 Å². The van der Waals surface area contributed by atoms with Gasteiger partial charge in [0.05, 0.1) is 16.3 Å². The number of rotatable bonds is 6. The molecule has 4 aromatic rings. The number of benzene rings is 2. The van der Waals surface area contributed by atoms with E-state index in [4.69, 9.17) is 23.2 Å². The maximum absolute atomic E-state index is 13.3. The van der Waals surface area contributed by atoms with Gasteiger partial charge in [-0.25, -0.2) is 9.37 Å². The van der Waals surface area contributed by atoms with E-state index in [-0.39, 0.29) is 11.0 Å². The van der Waals surface area contributed by atoms with Crippen LogP contribution in [0, 0.1) is 12.7 Å². The number of anilines is 2. The minimum Gasteiger partial charge on any atom is -0.369 e. The lowest BCUT2D eigenvalue weighted by molar-refractivity contribution is 0.0783. The molecular formula is C23H18Cl2FN5O2. The standard InChI is InChI=1S/C23H18Cl2FN5O2/c1-13-11-27-23(28-19-6-5-17(26)10-18(19)25)29-20(13)31-8-7-15(12-31)22(33)30-21(32)14-3-2-4-16(24)9-14/h2-12,21,32H,1H3,(H,30,33)(H,27,28,29). The van der Waals surface area contributed by atoms with E-state index in [0.29, 0.717) is 27.7 Å². The summed E-state index contributed by atoms with van der Waals surface area (Å²) in [6.45, 7) is 1.83. The summed E-state index contributed by atoms with van der Waals surface area (Å²) in [7, 11) is 0. The summed E-state index contributed by atoms with van der Waals surface area (Å²) >= 11 is 12.0. The Balaban J connectivity index is 1.52. The van der Waals surface area contributed by atoms with Crippen LogP contribution in [0.5, 0.6) is 0 Å². The highest BCUT2D eigenvalue weighted by atomic mass is 35.5. The topological polar surface area (TPSA) is 92.1 Å². The molecule has 0 aliphatic carbocycles. The molecule has 1 unspecified atom stereocenters. The first-order chi connectivity index (χ1) is 15.8. The minimum absolute atomic E-state index is 0.193. The highest BCUT2D eigenvalue weighted by Crippen LogP contribution is 2.25. The van der Waals surface area contributed by atoms with Crippen LogP contribution < -0.4 is 10.6 Å². The van der Waals surface area contributed by atoms with Gasteiger partial charge in [-0.15, -0.1) is 0 Å². The predicted octanol–water partition coefficient (Wildman–Crippen LogP) is 5.19. The molecule has 0 fully saturated rings. The van der Waals surface area contributed by atoms with Crippen LogP contribution in [0.4, 0.5) is 16.0 Å². The van der Waals surface area contributed by atoms with E-state index in [0.717, 1.165) is 5.56 Å². The SMILES string of the molecule is Cc1cnc(Nc2ccc(F)cc2Cl)nc1-n1ccc(C(=O)NC(O)c2cccc(Cl)c2)c1. The van der Waals surface area contributed by atoms with Crippen molar-refractivity contribution >= 4 is 40.7 Å². The molecule has 0 spiro atoms. The van der Waals surface area contributed by atoms with E-state index in [9.17, 15) is 14.3 Å². The van der Waals surface area contributed by atoms with E-state index >= 15 is 0 Å². The Morgan fingerprint density at radius 3 is 2.76 bits per heavy atom. The van der Waals surface area contributed by atoms with Crippen molar-refractivity contribution in [1.82, 2.24) is 19.9 Å². The Morgan fingerprint density at radius 2 is 2.00 bits per heavy atom. The largest absolute Gasteiger partial charge is 0.369 e. The zero-order chi connectivity index (χ0) is 23.5. The van der Waals surface area contributed by atoms with Gasteiger partial charge >= 0.3 is 0 Å². The van der Waals surface area contributed by atoms with Gasteiger partial charge in [0.25, 0.3) is 5.91 Å². The second kappa shape index (κ2) is 9.58. The number of aryl methyl sites for hydroxylation is 1. The number of halogens is 3. The van der Waals surface area contributed by atoms with Gasteiger partial charge in [0.15, 0.2) is 6.23 Å². The normalized spacial score (nSPS) is 11.8. The lowest BCUT2D eigenvalue weighted by Crippen LogP contribution is -2.28. The van der Waals surface area contributed by atoms with E-state index < -0.39 is 18.0 Å². The smallest absolute Gasteiger partial charge is 0.255 e. The number of carbonyl (C=O) groups is 1. The summed E-state index contributed by atoms with van der Waals surface area (Å²) in [5, 5.41) is 16.4. The Hall–Kier alpha value is -3.46. The van der Waals surface area contributed by atoms with Crippen molar-refractivity contribution in [2.24, 2.45) is 0 Å². The number of carbonyl (C=O) groups excluding carboxylic acids is 1. The molecule has 7 nitrogen and oxygen atoms in total. The van der Waals surface area contributed by atoms with Crippen molar-refractivity contribution in [3.63, 3.8) is 0 Å². The van der Waals surface area contributed by atoms with Crippen LogP contribution >= 0.6 is 23.2 Å². The van der Waals surface area contributed by atoms with Gasteiger partial charge in [0, 0.05) is 34.7 Å². The maximum atomic E-state index is 13.3. The second-order valence-electron chi connectivity index (χ2n) is 7.19. The van der Waals surface area contributed by atoms with Crippen LogP contribution in [0.3, 0.4) is 0 Å². The number of aliphatic hydroxyl groups is 1. The van der Waals surface area contributed by atoms with Crippen molar-refractivity contribution < 1.29 is 14.3 Å². The van der Waals surface area contributed by atoms with Gasteiger partial charge in [-0.05, 0) is 43.3 Å². The minimum atomic E-state index is -1.21. The van der Waals surface area contributed by atoms with Crippen molar-refractivity contribution in [3.05, 3.63) is 99.7 Å². The van der Waals surface area contributed by atoms with Crippen LogP contribution in [0.15, 0.2) is 67.1 Å². The molecule has 4 rings (SSSR count). The number of aromatic nitrogens is 3. The third-order valence-corrected chi connectivity index (χ3v) is 5.30. The molecule has 33 heavy (non-hydrogen) atoms. The van der Waals surface area contributed by atoms with E-state index in [2.05, 4.69) is 20.6 Å². The molecule has 10 heteroatoms. The van der Waals surface area contributed by atoms with Crippen molar-refractivity contribution in [2.75, 3.05) is 5.32 Å². The molecule has 0 aliphatic rings. The summed E-state index contributed by atoms with van der Waals surface area (Å²) in [5.41, 5.74) is 2.00. The van der Waals surface area contributed by atoms with Gasteiger partial charge in [-0.2, -0.15) is 4.98 Å². The highest BCUT2D eigenvalue weighted by Gasteiger charge is 2.16. The monoisotopic (exact) mass is 485 g/mol. The molecular weight excluding hydrogens is 468 g/mol. The van der Waals surface area contributed by atoms with Crippen molar-refractivity contribution in [3.8, 4) is 5.82 Å². The average Bonchev–Trinajstić information content (AvgIpc) is 3.27. The Bertz CT molecular complexity index is 1330. The lowest BCUT2D eigenvalue weighted by Gasteiger charge is -2.13. The van der Waals surface area contributed by atoms with Crippen LogP contribution in [0.1, 0.15) is 27.7 Å². The molecule has 0 saturated carbocycles. The number of hydrogen-bond donors (Lipinski definition) is 3. The molecule has 1 atom stereocenters. The highest BCUT2D eigenvalue weighted by molar-refractivity contribution is 6.33. The lowest BCUT2D eigenvalue weighted by atomic mass is 10.2. The zero-order valence-electron chi connectivity index (χ0n) is 17.3. The Morgan fingerprint density at radius 1 is 1.18 bits per heavy atom. The molecule has 0 radical (unpaired) electrons. The fourth-order valence-corrected chi connectivity index (χ4v) is 3.51. The molecule has 0 aliphatic heterocycles. The molecule has 168 valence electrons. The fraction of sp³-hybridized carbons (Fsp3) is 0.0870. The first kappa shape index (κ1) is 22.7. The predicted molar refractivity (Wildman–Crippen MR) is 125 cm³/mol. The maximum Gasteiger partial charge on any atom is 0.255 e. The van der Waals surface area contributed by atoms with Gasteiger partial charge < -0.3 is 20.3 Å². The van der Waals surface area contributed by atoms with Crippen LogP contribution in [-0.4, -0.2) is 25.5 Å². The summed E-state index contributed by atoms with van der Waals surface area (Å²) in [4.78, 5) is 21.3.